The summed E-state index contributed by atoms with van der Waals surface area (Å²) in [5.74, 6) is -0.637. The number of carbonyl (C=O) groups excluding carboxylic acids is 2. The van der Waals surface area contributed by atoms with Crippen LogP contribution in [0, 0.1) is 0 Å². The van der Waals surface area contributed by atoms with E-state index in [1.807, 2.05) is 0 Å². The number of carbonyl (C=O) groups is 2. The highest BCUT2D eigenvalue weighted by Crippen LogP contribution is 2.12. The van der Waals surface area contributed by atoms with E-state index < -0.39 is 18.0 Å². The van der Waals surface area contributed by atoms with E-state index in [0.717, 1.165) is 18.2 Å². The zero-order chi connectivity index (χ0) is 12.8. The summed E-state index contributed by atoms with van der Waals surface area (Å²) >= 11 is 0. The maximum atomic E-state index is 11.3. The minimum absolute atomic E-state index is 0.316. The lowest BCUT2D eigenvalue weighted by molar-refractivity contribution is -0.159. The predicted octanol–water partition coefficient (Wildman–Crippen LogP) is 0.655. The van der Waals surface area contributed by atoms with Gasteiger partial charge in [-0.15, -0.1) is 0 Å². The van der Waals surface area contributed by atoms with Gasteiger partial charge >= 0.3 is 11.9 Å². The molecular formula is C12H15NO4. The van der Waals surface area contributed by atoms with Crippen LogP contribution in [0.2, 0.25) is 0 Å². The van der Waals surface area contributed by atoms with Crippen molar-refractivity contribution < 1.29 is 19.1 Å². The number of esters is 2. The summed E-state index contributed by atoms with van der Waals surface area (Å²) in [5.41, 5.74) is 6.48. The van der Waals surface area contributed by atoms with Crippen LogP contribution in [-0.4, -0.2) is 25.1 Å². The predicted molar refractivity (Wildman–Crippen MR) is 61.4 cm³/mol. The molecule has 0 bridgehead atoms. The molecule has 1 aromatic carbocycles. The van der Waals surface area contributed by atoms with Crippen molar-refractivity contribution in [2.45, 2.75) is 19.4 Å². The Morgan fingerprint density at radius 2 is 1.88 bits per heavy atom. The first-order valence-corrected chi connectivity index (χ1v) is 5.13. The quantitative estimate of drug-likeness (QED) is 0.614. The molecule has 5 nitrogen and oxygen atoms in total. The lowest BCUT2D eigenvalue weighted by atomic mass is 10.1. The van der Waals surface area contributed by atoms with Crippen LogP contribution in [-0.2, 0) is 20.7 Å². The lowest BCUT2D eigenvalue weighted by Gasteiger charge is -2.09. The first-order valence-electron chi connectivity index (χ1n) is 5.13. The smallest absolute Gasteiger partial charge is 0.330 e. The highest BCUT2D eigenvalue weighted by atomic mass is 16.6. The van der Waals surface area contributed by atoms with Crippen LogP contribution in [0.25, 0.3) is 0 Å². The Hall–Kier alpha value is -1.88. The summed E-state index contributed by atoms with van der Waals surface area (Å²) in [4.78, 5) is 21.9. The zero-order valence-electron chi connectivity index (χ0n) is 9.80. The van der Waals surface area contributed by atoms with Crippen LogP contribution in [0.1, 0.15) is 12.5 Å². The summed E-state index contributed by atoms with van der Waals surface area (Å²) in [7, 11) is 1.57. The number of methoxy groups -OCH3 is 1. The van der Waals surface area contributed by atoms with Gasteiger partial charge in [0.2, 0.25) is 0 Å². The van der Waals surface area contributed by atoms with Crippen LogP contribution >= 0.6 is 0 Å². The first-order chi connectivity index (χ1) is 8.02. The Kier molecular flexibility index (Phi) is 4.66. The molecule has 1 atom stereocenters. The van der Waals surface area contributed by atoms with E-state index in [0.29, 0.717) is 6.42 Å². The molecule has 0 fully saturated rings. The Morgan fingerprint density at radius 3 is 2.35 bits per heavy atom. The molecule has 17 heavy (non-hydrogen) atoms. The van der Waals surface area contributed by atoms with E-state index in [4.69, 9.17) is 10.5 Å². The van der Waals surface area contributed by atoms with Crippen molar-refractivity contribution in [3.63, 3.8) is 0 Å². The van der Waals surface area contributed by atoms with Gasteiger partial charge in [0.1, 0.15) is 11.8 Å². The summed E-state index contributed by atoms with van der Waals surface area (Å²) in [6.07, 6.45) is 0.316. The van der Waals surface area contributed by atoms with Crippen LogP contribution in [0.5, 0.6) is 5.75 Å². The van der Waals surface area contributed by atoms with Gasteiger partial charge in [-0.2, -0.15) is 0 Å². The van der Waals surface area contributed by atoms with E-state index in [9.17, 15) is 9.59 Å². The van der Waals surface area contributed by atoms with Gasteiger partial charge in [0, 0.05) is 6.92 Å². The van der Waals surface area contributed by atoms with Gasteiger partial charge in [0.15, 0.2) is 0 Å². The minimum atomic E-state index is -0.840. The monoisotopic (exact) mass is 237 g/mol. The van der Waals surface area contributed by atoms with Crippen LogP contribution in [0.15, 0.2) is 24.3 Å². The van der Waals surface area contributed by atoms with E-state index in [-0.39, 0.29) is 0 Å². The number of benzene rings is 1. The average molecular weight is 237 g/mol. The Morgan fingerprint density at radius 1 is 1.29 bits per heavy atom. The summed E-state index contributed by atoms with van der Waals surface area (Å²) in [6, 6.07) is 6.32. The summed E-state index contributed by atoms with van der Waals surface area (Å²) in [6.45, 7) is 1.16. The molecule has 0 amide bonds. The number of hydrogen-bond donors (Lipinski definition) is 1. The third kappa shape index (κ3) is 4.24. The maximum absolute atomic E-state index is 11.3. The standard InChI is InChI=1S/C12H15NO4/c1-8(14)17-12(15)11(13)7-9-3-5-10(16-2)6-4-9/h3-6,11H,7,13H2,1-2H3/t11-/m1/s1. The molecule has 0 heterocycles. The number of hydrogen-bond acceptors (Lipinski definition) is 5. The molecule has 1 rings (SSSR count). The summed E-state index contributed by atoms with van der Waals surface area (Å²) in [5, 5.41) is 0. The van der Waals surface area contributed by atoms with Crippen molar-refractivity contribution in [3.8, 4) is 5.75 Å². The highest BCUT2D eigenvalue weighted by molar-refractivity contribution is 5.87. The lowest BCUT2D eigenvalue weighted by Crippen LogP contribution is -2.35. The first kappa shape index (κ1) is 13.2. The van der Waals surface area contributed by atoms with E-state index in [1.54, 1.807) is 31.4 Å². The fourth-order valence-electron chi connectivity index (χ4n) is 1.32. The molecular weight excluding hydrogens is 222 g/mol. The Bertz CT molecular complexity index is 399. The summed E-state index contributed by atoms with van der Waals surface area (Å²) < 4.78 is 9.41. The van der Waals surface area contributed by atoms with Gasteiger partial charge in [-0.25, -0.2) is 4.79 Å². The molecule has 0 radical (unpaired) electrons. The van der Waals surface area contributed by atoms with Gasteiger partial charge in [-0.05, 0) is 24.1 Å². The third-order valence-electron chi connectivity index (χ3n) is 2.16. The van der Waals surface area contributed by atoms with Crippen molar-refractivity contribution in [2.24, 2.45) is 5.73 Å². The van der Waals surface area contributed by atoms with Crippen molar-refractivity contribution in [2.75, 3.05) is 7.11 Å². The van der Waals surface area contributed by atoms with Gasteiger partial charge < -0.3 is 15.2 Å². The van der Waals surface area contributed by atoms with Gasteiger partial charge in [-0.3, -0.25) is 4.79 Å². The van der Waals surface area contributed by atoms with Gasteiger partial charge in [0.25, 0.3) is 0 Å². The highest BCUT2D eigenvalue weighted by Gasteiger charge is 2.17. The molecule has 0 saturated heterocycles. The third-order valence-corrected chi connectivity index (χ3v) is 2.16. The van der Waals surface area contributed by atoms with Crippen molar-refractivity contribution >= 4 is 11.9 Å². The molecule has 0 aromatic heterocycles. The maximum Gasteiger partial charge on any atom is 0.330 e. The molecule has 0 saturated carbocycles. The van der Waals surface area contributed by atoms with Gasteiger partial charge in [0.05, 0.1) is 7.11 Å². The Balaban J connectivity index is 2.57. The van der Waals surface area contributed by atoms with E-state index >= 15 is 0 Å². The molecule has 0 unspecified atom stereocenters. The second-order valence-corrected chi connectivity index (χ2v) is 3.57. The molecule has 0 spiro atoms. The molecule has 92 valence electrons. The second-order valence-electron chi connectivity index (χ2n) is 3.57. The second kappa shape index (κ2) is 6.00. The number of ether oxygens (including phenoxy) is 2. The molecule has 1 aromatic rings. The Labute approximate surface area is 99.5 Å². The van der Waals surface area contributed by atoms with E-state index in [2.05, 4.69) is 4.74 Å². The van der Waals surface area contributed by atoms with Crippen molar-refractivity contribution in [1.82, 2.24) is 0 Å². The molecule has 0 aliphatic heterocycles. The largest absolute Gasteiger partial charge is 0.497 e. The molecule has 0 aliphatic rings. The van der Waals surface area contributed by atoms with E-state index in [1.165, 1.54) is 0 Å². The van der Waals surface area contributed by atoms with Crippen molar-refractivity contribution in [3.05, 3.63) is 29.8 Å². The van der Waals surface area contributed by atoms with Gasteiger partial charge in [-0.1, -0.05) is 12.1 Å². The van der Waals surface area contributed by atoms with Crippen LogP contribution in [0.4, 0.5) is 0 Å². The molecule has 2 N–H and O–H groups in total. The fraction of sp³-hybridized carbons (Fsp3) is 0.333. The fourth-order valence-corrected chi connectivity index (χ4v) is 1.32. The molecule has 5 heteroatoms. The molecule has 0 aliphatic carbocycles. The van der Waals surface area contributed by atoms with Crippen LogP contribution < -0.4 is 10.5 Å². The van der Waals surface area contributed by atoms with Crippen molar-refractivity contribution in [1.29, 1.82) is 0 Å². The minimum Gasteiger partial charge on any atom is -0.497 e. The zero-order valence-corrected chi connectivity index (χ0v) is 9.80. The number of nitrogens with two attached hydrogens (primary N) is 1. The SMILES string of the molecule is COc1ccc(C[C@@H](N)C(=O)OC(C)=O)cc1. The number of rotatable bonds is 4. The topological polar surface area (TPSA) is 78.6 Å². The normalized spacial score (nSPS) is 11.7. The average Bonchev–Trinajstić information content (AvgIpc) is 2.29. The van der Waals surface area contributed by atoms with Crippen LogP contribution in [0.3, 0.4) is 0 Å².